The fourth-order valence-corrected chi connectivity index (χ4v) is 2.24. The Balaban J connectivity index is 2.48. The Kier molecular flexibility index (Phi) is 4.36. The minimum Gasteiger partial charge on any atom is -0.348 e. The van der Waals surface area contributed by atoms with Crippen LogP contribution in [0.4, 0.5) is 0 Å². The number of hydrogen-bond donors (Lipinski definition) is 0. The highest BCUT2D eigenvalue weighted by molar-refractivity contribution is 5.77. The molecule has 94 valence electrons. The molecule has 1 aliphatic heterocycles. The number of hydrogen-bond acceptors (Lipinski definition) is 2. The third kappa shape index (κ3) is 3.78. The largest absolute Gasteiger partial charge is 0.348 e. The molecule has 1 aliphatic rings. The molecule has 0 aromatic rings. The maximum atomic E-state index is 11.7. The lowest BCUT2D eigenvalue weighted by molar-refractivity contribution is -0.130. The van der Waals surface area contributed by atoms with Gasteiger partial charge in [0.05, 0.1) is 6.54 Å². The van der Waals surface area contributed by atoms with E-state index < -0.39 is 0 Å². The normalized spacial score (nSPS) is 23.2. The van der Waals surface area contributed by atoms with Crippen molar-refractivity contribution in [3.05, 3.63) is 0 Å². The zero-order chi connectivity index (χ0) is 12.3. The van der Waals surface area contributed by atoms with Gasteiger partial charge >= 0.3 is 0 Å². The summed E-state index contributed by atoms with van der Waals surface area (Å²) in [6, 6.07) is 0. The Morgan fingerprint density at radius 3 is 2.50 bits per heavy atom. The first-order chi connectivity index (χ1) is 7.30. The monoisotopic (exact) mass is 226 g/mol. The molecule has 1 atom stereocenters. The molecule has 0 radical (unpaired) electrons. The molecule has 0 aromatic carbocycles. The van der Waals surface area contributed by atoms with Crippen molar-refractivity contribution in [3.8, 4) is 0 Å². The van der Waals surface area contributed by atoms with Gasteiger partial charge in [-0.1, -0.05) is 20.8 Å². The fraction of sp³-hybridized carbons (Fsp3) is 0.923. The molecular weight excluding hydrogens is 200 g/mol. The number of likely N-dealkylation sites (tertiary alicyclic amines) is 1. The SMILES string of the molecule is CN(C)C(=O)CN1CCCC(C(C)(C)C)C1. The molecule has 1 unspecified atom stereocenters. The minimum atomic E-state index is 0.217. The van der Waals surface area contributed by atoms with E-state index in [-0.39, 0.29) is 5.91 Å². The lowest BCUT2D eigenvalue weighted by Gasteiger charge is -2.39. The van der Waals surface area contributed by atoms with Gasteiger partial charge in [-0.2, -0.15) is 0 Å². The minimum absolute atomic E-state index is 0.217. The number of nitrogens with zero attached hydrogens (tertiary/aromatic N) is 2. The van der Waals surface area contributed by atoms with Crippen LogP contribution in [0.1, 0.15) is 33.6 Å². The van der Waals surface area contributed by atoms with Crippen LogP contribution in [0, 0.1) is 11.3 Å². The zero-order valence-corrected chi connectivity index (χ0v) is 11.4. The molecule has 1 heterocycles. The highest BCUT2D eigenvalue weighted by Gasteiger charge is 2.30. The molecule has 1 saturated heterocycles. The summed E-state index contributed by atoms with van der Waals surface area (Å²) in [7, 11) is 3.65. The van der Waals surface area contributed by atoms with Gasteiger partial charge in [0.1, 0.15) is 0 Å². The molecule has 3 nitrogen and oxygen atoms in total. The van der Waals surface area contributed by atoms with Crippen molar-refractivity contribution in [2.75, 3.05) is 33.7 Å². The van der Waals surface area contributed by atoms with Gasteiger partial charge in [-0.25, -0.2) is 0 Å². The molecule has 0 spiro atoms. The second-order valence-electron chi connectivity index (χ2n) is 6.23. The molecule has 0 N–H and O–H groups in total. The van der Waals surface area contributed by atoms with Gasteiger partial charge in [-0.3, -0.25) is 9.69 Å². The molecule has 1 fully saturated rings. The van der Waals surface area contributed by atoms with Crippen LogP contribution in [-0.4, -0.2) is 49.4 Å². The fourth-order valence-electron chi connectivity index (χ4n) is 2.24. The predicted octanol–water partition coefficient (Wildman–Crippen LogP) is 1.83. The Hall–Kier alpha value is -0.570. The van der Waals surface area contributed by atoms with Crippen LogP contribution >= 0.6 is 0 Å². The summed E-state index contributed by atoms with van der Waals surface area (Å²) in [5.41, 5.74) is 0.361. The first kappa shape index (κ1) is 13.5. The summed E-state index contributed by atoms with van der Waals surface area (Å²) in [5.74, 6) is 0.936. The zero-order valence-electron chi connectivity index (χ0n) is 11.4. The molecule has 0 bridgehead atoms. The van der Waals surface area contributed by atoms with Crippen LogP contribution < -0.4 is 0 Å². The highest BCUT2D eigenvalue weighted by atomic mass is 16.2. The third-order valence-electron chi connectivity index (χ3n) is 3.59. The number of amides is 1. The Bertz CT molecular complexity index is 243. The van der Waals surface area contributed by atoms with Gasteiger partial charge < -0.3 is 4.90 Å². The Morgan fingerprint density at radius 2 is 2.00 bits per heavy atom. The van der Waals surface area contributed by atoms with Gasteiger partial charge in [-0.05, 0) is 30.7 Å². The number of carbonyl (C=O) groups is 1. The lowest BCUT2D eigenvalue weighted by atomic mass is 9.76. The first-order valence-electron chi connectivity index (χ1n) is 6.23. The van der Waals surface area contributed by atoms with Crippen molar-refractivity contribution in [2.45, 2.75) is 33.6 Å². The van der Waals surface area contributed by atoms with Crippen LogP contribution in [0.15, 0.2) is 0 Å². The molecule has 0 aliphatic carbocycles. The highest BCUT2D eigenvalue weighted by Crippen LogP contribution is 2.32. The van der Waals surface area contributed by atoms with Crippen molar-refractivity contribution < 1.29 is 4.79 Å². The van der Waals surface area contributed by atoms with E-state index in [9.17, 15) is 4.79 Å². The maximum absolute atomic E-state index is 11.7. The van der Waals surface area contributed by atoms with Crippen LogP contribution in [0.5, 0.6) is 0 Å². The summed E-state index contributed by atoms with van der Waals surface area (Å²) >= 11 is 0. The number of rotatable bonds is 2. The van der Waals surface area contributed by atoms with Crippen LogP contribution in [-0.2, 0) is 4.79 Å². The van der Waals surface area contributed by atoms with E-state index in [1.165, 1.54) is 12.8 Å². The molecule has 1 amide bonds. The second-order valence-corrected chi connectivity index (χ2v) is 6.23. The second kappa shape index (κ2) is 5.17. The van der Waals surface area contributed by atoms with E-state index in [0.29, 0.717) is 12.0 Å². The molecule has 1 rings (SSSR count). The summed E-state index contributed by atoms with van der Waals surface area (Å²) in [6.07, 6.45) is 2.53. The summed E-state index contributed by atoms with van der Waals surface area (Å²) in [4.78, 5) is 15.6. The molecular formula is C13H26N2O. The molecule has 0 aromatic heterocycles. The first-order valence-corrected chi connectivity index (χ1v) is 6.23. The van der Waals surface area contributed by atoms with Crippen molar-refractivity contribution in [3.63, 3.8) is 0 Å². The van der Waals surface area contributed by atoms with Crippen LogP contribution in [0.2, 0.25) is 0 Å². The lowest BCUT2D eigenvalue weighted by Crippen LogP contribution is -2.45. The van der Waals surface area contributed by atoms with E-state index in [1.807, 2.05) is 14.1 Å². The van der Waals surface area contributed by atoms with Crippen molar-refractivity contribution >= 4 is 5.91 Å². The average molecular weight is 226 g/mol. The topological polar surface area (TPSA) is 23.6 Å². The van der Waals surface area contributed by atoms with E-state index in [1.54, 1.807) is 4.90 Å². The van der Waals surface area contributed by atoms with Gasteiger partial charge in [0.25, 0.3) is 0 Å². The van der Waals surface area contributed by atoms with Crippen molar-refractivity contribution in [2.24, 2.45) is 11.3 Å². The van der Waals surface area contributed by atoms with Gasteiger partial charge in [0.2, 0.25) is 5.91 Å². The number of piperidine rings is 1. The summed E-state index contributed by atoms with van der Waals surface area (Å²) in [5, 5.41) is 0. The predicted molar refractivity (Wildman–Crippen MR) is 67.3 cm³/mol. The molecule has 16 heavy (non-hydrogen) atoms. The van der Waals surface area contributed by atoms with E-state index >= 15 is 0 Å². The molecule has 0 saturated carbocycles. The molecule has 3 heteroatoms. The standard InChI is InChI=1S/C13H26N2O/c1-13(2,3)11-7-6-8-15(9-11)10-12(16)14(4)5/h11H,6-10H2,1-5H3. The summed E-state index contributed by atoms with van der Waals surface area (Å²) in [6.45, 7) is 9.63. The van der Waals surface area contributed by atoms with Crippen LogP contribution in [0.3, 0.4) is 0 Å². The Labute approximate surface area is 99.8 Å². The van der Waals surface area contributed by atoms with Crippen molar-refractivity contribution in [1.29, 1.82) is 0 Å². The number of likely N-dealkylation sites (N-methyl/N-ethyl adjacent to an activating group) is 1. The van der Waals surface area contributed by atoms with Crippen molar-refractivity contribution in [1.82, 2.24) is 9.80 Å². The van der Waals surface area contributed by atoms with Gasteiger partial charge in [0, 0.05) is 20.6 Å². The quantitative estimate of drug-likeness (QED) is 0.717. The third-order valence-corrected chi connectivity index (χ3v) is 3.59. The van der Waals surface area contributed by atoms with E-state index in [2.05, 4.69) is 25.7 Å². The average Bonchev–Trinajstić information content (AvgIpc) is 2.16. The smallest absolute Gasteiger partial charge is 0.236 e. The Morgan fingerprint density at radius 1 is 1.38 bits per heavy atom. The number of carbonyl (C=O) groups excluding carboxylic acids is 1. The summed E-state index contributed by atoms with van der Waals surface area (Å²) < 4.78 is 0. The maximum Gasteiger partial charge on any atom is 0.236 e. The van der Waals surface area contributed by atoms with Gasteiger partial charge in [-0.15, -0.1) is 0 Å². The van der Waals surface area contributed by atoms with E-state index in [4.69, 9.17) is 0 Å². The van der Waals surface area contributed by atoms with E-state index in [0.717, 1.165) is 19.0 Å². The van der Waals surface area contributed by atoms with Gasteiger partial charge in [0.15, 0.2) is 0 Å². The van der Waals surface area contributed by atoms with Crippen LogP contribution in [0.25, 0.3) is 0 Å².